The highest BCUT2D eigenvalue weighted by atomic mass is 16.6. The third-order valence-electron chi connectivity index (χ3n) is 5.39. The van der Waals surface area contributed by atoms with Crippen molar-refractivity contribution < 1.29 is 38.1 Å². The SMILES string of the molecule is C=CC(=O)OCCNC(=O)Oc1c2c(c(OC(=O)NCCOC(=O)C=C)c3ccccc13)CCCC2. The van der Waals surface area contributed by atoms with Gasteiger partial charge in [0.15, 0.2) is 0 Å². The van der Waals surface area contributed by atoms with E-state index in [1.165, 1.54) is 0 Å². The zero-order valence-electron chi connectivity index (χ0n) is 19.8. The van der Waals surface area contributed by atoms with Gasteiger partial charge >= 0.3 is 24.1 Å². The Kier molecular flexibility index (Phi) is 9.44. The summed E-state index contributed by atoms with van der Waals surface area (Å²) in [7, 11) is 0. The average molecular weight is 497 g/mol. The molecule has 0 spiro atoms. The number of hydrogen-bond acceptors (Lipinski definition) is 8. The first-order valence-electron chi connectivity index (χ1n) is 11.5. The van der Waals surface area contributed by atoms with Crippen LogP contribution in [0.15, 0.2) is 49.6 Å². The van der Waals surface area contributed by atoms with Gasteiger partial charge in [-0.3, -0.25) is 0 Å². The molecular formula is C26H28N2O8. The van der Waals surface area contributed by atoms with Crippen LogP contribution in [0.2, 0.25) is 0 Å². The topological polar surface area (TPSA) is 129 Å². The number of carbonyl (C=O) groups excluding carboxylic acids is 4. The summed E-state index contributed by atoms with van der Waals surface area (Å²) in [5.41, 5.74) is 1.60. The number of fused-ring (bicyclic) bond motifs is 2. The van der Waals surface area contributed by atoms with Crippen LogP contribution in [0.5, 0.6) is 11.5 Å². The van der Waals surface area contributed by atoms with Gasteiger partial charge in [0.05, 0.1) is 13.1 Å². The molecule has 1 aliphatic rings. The summed E-state index contributed by atoms with van der Waals surface area (Å²) >= 11 is 0. The molecule has 0 radical (unpaired) electrons. The van der Waals surface area contributed by atoms with Gasteiger partial charge in [0.1, 0.15) is 24.7 Å². The fourth-order valence-corrected chi connectivity index (χ4v) is 3.83. The van der Waals surface area contributed by atoms with Crippen LogP contribution in [0.25, 0.3) is 10.8 Å². The molecule has 0 aliphatic heterocycles. The zero-order valence-corrected chi connectivity index (χ0v) is 19.8. The van der Waals surface area contributed by atoms with Gasteiger partial charge in [-0.05, 0) is 25.7 Å². The molecule has 0 bridgehead atoms. The maximum absolute atomic E-state index is 12.5. The number of rotatable bonds is 10. The van der Waals surface area contributed by atoms with E-state index in [1.807, 2.05) is 0 Å². The Morgan fingerprint density at radius 2 is 1.17 bits per heavy atom. The molecule has 2 N–H and O–H groups in total. The van der Waals surface area contributed by atoms with Gasteiger partial charge in [-0.1, -0.05) is 37.4 Å². The highest BCUT2D eigenvalue weighted by molar-refractivity contribution is 5.98. The largest absolute Gasteiger partial charge is 0.461 e. The zero-order chi connectivity index (χ0) is 25.9. The summed E-state index contributed by atoms with van der Waals surface area (Å²) in [5, 5.41) is 6.36. The number of carbonyl (C=O) groups is 4. The lowest BCUT2D eigenvalue weighted by atomic mass is 9.87. The van der Waals surface area contributed by atoms with E-state index in [-0.39, 0.29) is 26.3 Å². The smallest absolute Gasteiger partial charge is 0.412 e. The minimum atomic E-state index is -0.692. The molecular weight excluding hydrogens is 468 g/mol. The van der Waals surface area contributed by atoms with Crippen molar-refractivity contribution in [2.75, 3.05) is 26.3 Å². The van der Waals surface area contributed by atoms with Gasteiger partial charge < -0.3 is 29.6 Å². The van der Waals surface area contributed by atoms with E-state index in [0.717, 1.165) is 36.1 Å². The first kappa shape index (κ1) is 26.3. The van der Waals surface area contributed by atoms with Gasteiger partial charge in [0, 0.05) is 34.1 Å². The van der Waals surface area contributed by atoms with Crippen molar-refractivity contribution >= 4 is 34.9 Å². The van der Waals surface area contributed by atoms with Crippen LogP contribution in [0, 0.1) is 0 Å². The fourth-order valence-electron chi connectivity index (χ4n) is 3.83. The molecule has 0 aromatic heterocycles. The maximum atomic E-state index is 12.5. The van der Waals surface area contributed by atoms with E-state index < -0.39 is 24.1 Å². The Morgan fingerprint density at radius 3 is 1.56 bits per heavy atom. The Morgan fingerprint density at radius 1 is 0.750 bits per heavy atom. The first-order valence-corrected chi connectivity index (χ1v) is 11.5. The van der Waals surface area contributed by atoms with Crippen molar-refractivity contribution in [1.29, 1.82) is 0 Å². The molecule has 190 valence electrons. The minimum Gasteiger partial charge on any atom is -0.461 e. The predicted octanol–water partition coefficient (Wildman–Crippen LogP) is 3.35. The molecule has 2 aromatic carbocycles. The van der Waals surface area contributed by atoms with Gasteiger partial charge in [0.25, 0.3) is 0 Å². The highest BCUT2D eigenvalue weighted by Crippen LogP contribution is 2.44. The Balaban J connectivity index is 1.79. The average Bonchev–Trinajstić information content (AvgIpc) is 2.90. The van der Waals surface area contributed by atoms with Crippen LogP contribution >= 0.6 is 0 Å². The number of amides is 2. The number of hydrogen-bond donors (Lipinski definition) is 2. The summed E-state index contributed by atoms with van der Waals surface area (Å²) in [5.74, 6) is -0.347. The molecule has 36 heavy (non-hydrogen) atoms. The number of ether oxygens (including phenoxy) is 4. The second kappa shape index (κ2) is 12.9. The lowest BCUT2D eigenvalue weighted by Crippen LogP contribution is -2.32. The van der Waals surface area contributed by atoms with E-state index in [0.29, 0.717) is 35.1 Å². The van der Waals surface area contributed by atoms with E-state index >= 15 is 0 Å². The molecule has 10 nitrogen and oxygen atoms in total. The first-order chi connectivity index (χ1) is 17.4. The normalized spacial score (nSPS) is 12.0. The second-order valence-electron chi connectivity index (χ2n) is 7.74. The van der Waals surface area contributed by atoms with E-state index in [9.17, 15) is 19.2 Å². The predicted molar refractivity (Wildman–Crippen MR) is 131 cm³/mol. The Bertz CT molecular complexity index is 1080. The summed E-state index contributed by atoms with van der Waals surface area (Å²) in [6, 6.07) is 7.18. The van der Waals surface area contributed by atoms with Gasteiger partial charge in [0.2, 0.25) is 0 Å². The molecule has 0 heterocycles. The van der Waals surface area contributed by atoms with Crippen molar-refractivity contribution in [3.8, 4) is 11.5 Å². The third kappa shape index (κ3) is 6.84. The quantitative estimate of drug-likeness (QED) is 0.291. The molecule has 0 saturated heterocycles. The highest BCUT2D eigenvalue weighted by Gasteiger charge is 2.26. The van der Waals surface area contributed by atoms with E-state index in [1.54, 1.807) is 24.3 Å². The molecule has 0 fully saturated rings. The van der Waals surface area contributed by atoms with Crippen LogP contribution in [-0.4, -0.2) is 50.4 Å². The third-order valence-corrected chi connectivity index (χ3v) is 5.39. The minimum absolute atomic E-state index is 0.0203. The van der Waals surface area contributed by atoms with E-state index in [2.05, 4.69) is 23.8 Å². The summed E-state index contributed by atoms with van der Waals surface area (Å²) in [6.45, 7) is 6.72. The van der Waals surface area contributed by atoms with Gasteiger partial charge in [-0.2, -0.15) is 0 Å². The Hall–Kier alpha value is -4.34. The van der Waals surface area contributed by atoms with Crippen LogP contribution < -0.4 is 20.1 Å². The van der Waals surface area contributed by atoms with E-state index in [4.69, 9.17) is 18.9 Å². The standard InChI is InChI=1S/C26H28N2O8/c1-3-21(29)33-15-13-27-25(31)35-23-17-9-5-7-11-19(17)24(20-12-8-6-10-18(20)23)36-26(32)28-14-16-34-22(30)4-2/h3-5,7,9,11H,1-2,6,8,10,12-16H2,(H,27,31)(H,28,32). The second-order valence-corrected chi connectivity index (χ2v) is 7.74. The van der Waals surface area contributed by atoms with Crippen LogP contribution in [0.3, 0.4) is 0 Å². The van der Waals surface area contributed by atoms with Crippen LogP contribution in [0.1, 0.15) is 24.0 Å². The van der Waals surface area contributed by atoms with Crippen molar-refractivity contribution in [1.82, 2.24) is 10.6 Å². The van der Waals surface area contributed by atoms with Gasteiger partial charge in [-0.15, -0.1) is 0 Å². The monoisotopic (exact) mass is 496 g/mol. The number of nitrogens with one attached hydrogen (secondary N) is 2. The van der Waals surface area contributed by atoms with Crippen LogP contribution in [0.4, 0.5) is 9.59 Å². The summed E-state index contributed by atoms with van der Waals surface area (Å²) < 4.78 is 21.1. The molecule has 0 saturated carbocycles. The summed E-state index contributed by atoms with van der Waals surface area (Å²) in [6.07, 6.45) is 3.77. The number of esters is 2. The van der Waals surface area contributed by atoms with Crippen molar-refractivity contribution in [2.24, 2.45) is 0 Å². The van der Waals surface area contributed by atoms with Crippen molar-refractivity contribution in [3.05, 3.63) is 60.7 Å². The Labute approximate surface area is 208 Å². The van der Waals surface area contributed by atoms with Crippen molar-refractivity contribution in [2.45, 2.75) is 25.7 Å². The summed E-state index contributed by atoms with van der Waals surface area (Å²) in [4.78, 5) is 47.3. The van der Waals surface area contributed by atoms with Gasteiger partial charge in [-0.25, -0.2) is 19.2 Å². The lowest BCUT2D eigenvalue weighted by molar-refractivity contribution is -0.138. The maximum Gasteiger partial charge on any atom is 0.412 e. The molecule has 10 heteroatoms. The molecule has 0 unspecified atom stereocenters. The van der Waals surface area contributed by atoms with Crippen molar-refractivity contribution in [3.63, 3.8) is 0 Å². The number of benzene rings is 2. The van der Waals surface area contributed by atoms with Crippen LogP contribution in [-0.2, 0) is 31.9 Å². The molecule has 3 rings (SSSR count). The fraction of sp³-hybridized carbons (Fsp3) is 0.308. The molecule has 2 amide bonds. The molecule has 0 atom stereocenters. The molecule has 2 aromatic rings. The molecule has 1 aliphatic carbocycles. The lowest BCUT2D eigenvalue weighted by Gasteiger charge is -2.24.